The standard InChI is InChI=1S/C17H21ClN4O/c1-12(14-5-3-4-6-15(14)18)21-7-9-22(10-8-21)17(23)16-11-19-13(2)20-16/h3-6,11-12H,7-10H2,1-2H3,(H,19,20)/t12-/m0/s1. The molecule has 1 atom stereocenters. The summed E-state index contributed by atoms with van der Waals surface area (Å²) in [5, 5.41) is 0.798. The molecule has 0 bridgehead atoms. The van der Waals surface area contributed by atoms with Gasteiger partial charge in [0.1, 0.15) is 11.5 Å². The number of H-pyrrole nitrogens is 1. The number of hydrogen-bond acceptors (Lipinski definition) is 3. The first-order chi connectivity index (χ1) is 11.1. The van der Waals surface area contributed by atoms with E-state index in [1.165, 1.54) is 0 Å². The van der Waals surface area contributed by atoms with Crippen LogP contribution in [0.4, 0.5) is 0 Å². The van der Waals surface area contributed by atoms with Crippen LogP contribution in [0.2, 0.25) is 5.02 Å². The third-order valence-electron chi connectivity index (χ3n) is 4.44. The molecule has 1 amide bonds. The van der Waals surface area contributed by atoms with Crippen molar-refractivity contribution in [3.8, 4) is 0 Å². The molecule has 0 saturated carbocycles. The number of rotatable bonds is 3. The molecule has 1 fully saturated rings. The number of hydrogen-bond donors (Lipinski definition) is 1. The Morgan fingerprint density at radius 2 is 1.96 bits per heavy atom. The van der Waals surface area contributed by atoms with Gasteiger partial charge in [-0.3, -0.25) is 9.69 Å². The van der Waals surface area contributed by atoms with Crippen LogP contribution >= 0.6 is 11.6 Å². The molecule has 1 saturated heterocycles. The lowest BCUT2D eigenvalue weighted by Crippen LogP contribution is -2.49. The molecule has 6 heteroatoms. The van der Waals surface area contributed by atoms with Crippen LogP contribution in [0, 0.1) is 6.92 Å². The zero-order valence-electron chi connectivity index (χ0n) is 13.4. The van der Waals surface area contributed by atoms with Crippen molar-refractivity contribution < 1.29 is 4.79 Å². The summed E-state index contributed by atoms with van der Waals surface area (Å²) in [5.41, 5.74) is 1.70. The summed E-state index contributed by atoms with van der Waals surface area (Å²) in [6, 6.07) is 8.20. The predicted octanol–water partition coefficient (Wildman–Crippen LogP) is 2.89. The average Bonchev–Trinajstić information content (AvgIpc) is 3.01. The smallest absolute Gasteiger partial charge is 0.272 e. The molecule has 1 aromatic heterocycles. The lowest BCUT2D eigenvalue weighted by molar-refractivity contribution is 0.0577. The molecule has 0 spiro atoms. The van der Waals surface area contributed by atoms with E-state index in [0.717, 1.165) is 29.5 Å². The van der Waals surface area contributed by atoms with E-state index in [-0.39, 0.29) is 11.9 Å². The lowest BCUT2D eigenvalue weighted by Gasteiger charge is -2.38. The number of nitrogens with zero attached hydrogens (tertiary/aromatic N) is 3. The number of carbonyl (C=O) groups excluding carboxylic acids is 1. The van der Waals surface area contributed by atoms with Gasteiger partial charge in [-0.2, -0.15) is 0 Å². The molecule has 2 heterocycles. The van der Waals surface area contributed by atoms with Crippen LogP contribution in [0.15, 0.2) is 30.5 Å². The van der Waals surface area contributed by atoms with Crippen molar-refractivity contribution in [2.75, 3.05) is 26.2 Å². The van der Waals surface area contributed by atoms with Crippen molar-refractivity contribution in [2.24, 2.45) is 0 Å². The number of benzene rings is 1. The molecule has 0 aliphatic carbocycles. The van der Waals surface area contributed by atoms with E-state index in [1.807, 2.05) is 30.0 Å². The number of aromatic nitrogens is 2. The highest BCUT2D eigenvalue weighted by Gasteiger charge is 2.26. The summed E-state index contributed by atoms with van der Waals surface area (Å²) in [6.45, 7) is 7.12. The summed E-state index contributed by atoms with van der Waals surface area (Å²) in [7, 11) is 0. The van der Waals surface area contributed by atoms with Gasteiger partial charge >= 0.3 is 0 Å². The van der Waals surface area contributed by atoms with Crippen molar-refractivity contribution in [1.82, 2.24) is 19.8 Å². The number of aryl methyl sites for hydroxylation is 1. The van der Waals surface area contributed by atoms with Gasteiger partial charge in [-0.1, -0.05) is 29.8 Å². The number of amides is 1. The van der Waals surface area contributed by atoms with Crippen molar-refractivity contribution in [3.63, 3.8) is 0 Å². The fraction of sp³-hybridized carbons (Fsp3) is 0.412. The second-order valence-corrected chi connectivity index (χ2v) is 6.32. The Morgan fingerprint density at radius 3 is 2.57 bits per heavy atom. The number of halogens is 1. The zero-order chi connectivity index (χ0) is 16.4. The van der Waals surface area contributed by atoms with Gasteiger partial charge in [-0.25, -0.2) is 4.98 Å². The Kier molecular flexibility index (Phi) is 4.68. The first-order valence-electron chi connectivity index (χ1n) is 7.85. The molecule has 3 rings (SSSR count). The monoisotopic (exact) mass is 332 g/mol. The van der Waals surface area contributed by atoms with Crippen LogP contribution in [-0.4, -0.2) is 51.9 Å². The Labute approximate surface area is 141 Å². The van der Waals surface area contributed by atoms with Gasteiger partial charge in [0.15, 0.2) is 0 Å². The maximum atomic E-state index is 12.4. The predicted molar refractivity (Wildman–Crippen MR) is 90.7 cm³/mol. The van der Waals surface area contributed by atoms with E-state index in [9.17, 15) is 4.79 Å². The fourth-order valence-corrected chi connectivity index (χ4v) is 3.32. The van der Waals surface area contributed by atoms with Gasteiger partial charge in [0.05, 0.1) is 6.20 Å². The highest BCUT2D eigenvalue weighted by Crippen LogP contribution is 2.27. The molecule has 2 aromatic rings. The number of aromatic amines is 1. The number of carbonyl (C=O) groups is 1. The quantitative estimate of drug-likeness (QED) is 0.940. The normalized spacial score (nSPS) is 17.3. The summed E-state index contributed by atoms with van der Waals surface area (Å²) < 4.78 is 0. The third kappa shape index (κ3) is 3.41. The highest BCUT2D eigenvalue weighted by atomic mass is 35.5. The molecule has 0 radical (unpaired) electrons. The van der Waals surface area contributed by atoms with Crippen LogP contribution in [0.1, 0.15) is 34.8 Å². The second kappa shape index (κ2) is 6.72. The average molecular weight is 333 g/mol. The Hall–Kier alpha value is -1.85. The van der Waals surface area contributed by atoms with Gasteiger partial charge in [-0.05, 0) is 25.5 Å². The molecule has 1 aliphatic rings. The topological polar surface area (TPSA) is 52.2 Å². The first-order valence-corrected chi connectivity index (χ1v) is 8.23. The molecule has 5 nitrogen and oxygen atoms in total. The van der Waals surface area contributed by atoms with E-state index in [1.54, 1.807) is 6.20 Å². The molecular weight excluding hydrogens is 312 g/mol. The molecule has 1 N–H and O–H groups in total. The van der Waals surface area contributed by atoms with E-state index in [0.29, 0.717) is 18.8 Å². The highest BCUT2D eigenvalue weighted by molar-refractivity contribution is 6.31. The molecule has 23 heavy (non-hydrogen) atoms. The second-order valence-electron chi connectivity index (χ2n) is 5.91. The van der Waals surface area contributed by atoms with Gasteiger partial charge in [0.2, 0.25) is 0 Å². The van der Waals surface area contributed by atoms with E-state index in [4.69, 9.17) is 11.6 Å². The largest absolute Gasteiger partial charge is 0.338 e. The van der Waals surface area contributed by atoms with Crippen molar-refractivity contribution in [1.29, 1.82) is 0 Å². The van der Waals surface area contributed by atoms with E-state index < -0.39 is 0 Å². The van der Waals surface area contributed by atoms with Crippen molar-refractivity contribution >= 4 is 17.5 Å². The van der Waals surface area contributed by atoms with Crippen molar-refractivity contribution in [3.05, 3.63) is 52.6 Å². The molecule has 1 aliphatic heterocycles. The third-order valence-corrected chi connectivity index (χ3v) is 4.78. The minimum atomic E-state index is 0.0237. The van der Waals surface area contributed by atoms with Gasteiger partial charge < -0.3 is 9.88 Å². The lowest BCUT2D eigenvalue weighted by atomic mass is 10.1. The van der Waals surface area contributed by atoms with E-state index >= 15 is 0 Å². The van der Waals surface area contributed by atoms with Crippen LogP contribution < -0.4 is 0 Å². The Bertz CT molecular complexity index is 691. The zero-order valence-corrected chi connectivity index (χ0v) is 14.2. The molecule has 0 unspecified atom stereocenters. The van der Waals surface area contributed by atoms with Crippen LogP contribution in [-0.2, 0) is 0 Å². The summed E-state index contributed by atoms with van der Waals surface area (Å²) >= 11 is 6.30. The SMILES string of the molecule is Cc1ncc(C(=O)N2CCN([C@@H](C)c3ccccc3Cl)CC2)[nH]1. The van der Waals surface area contributed by atoms with Crippen LogP contribution in [0.3, 0.4) is 0 Å². The van der Waals surface area contributed by atoms with Gasteiger partial charge in [-0.15, -0.1) is 0 Å². The fourth-order valence-electron chi connectivity index (χ4n) is 3.02. The maximum absolute atomic E-state index is 12.4. The summed E-state index contributed by atoms with van der Waals surface area (Å²) in [4.78, 5) is 23.8. The van der Waals surface area contributed by atoms with Crippen LogP contribution in [0.5, 0.6) is 0 Å². The van der Waals surface area contributed by atoms with Gasteiger partial charge in [0, 0.05) is 37.2 Å². The minimum absolute atomic E-state index is 0.0237. The Morgan fingerprint density at radius 1 is 1.26 bits per heavy atom. The molecule has 1 aromatic carbocycles. The summed E-state index contributed by atoms with van der Waals surface area (Å²) in [5.74, 6) is 0.787. The van der Waals surface area contributed by atoms with E-state index in [2.05, 4.69) is 27.9 Å². The number of nitrogens with one attached hydrogen (secondary N) is 1. The van der Waals surface area contributed by atoms with Crippen molar-refractivity contribution in [2.45, 2.75) is 19.9 Å². The van der Waals surface area contributed by atoms with Gasteiger partial charge in [0.25, 0.3) is 5.91 Å². The molecular formula is C17H21ClN4O. The summed E-state index contributed by atoms with van der Waals surface area (Å²) in [6.07, 6.45) is 1.61. The molecule has 122 valence electrons. The maximum Gasteiger partial charge on any atom is 0.272 e. The number of piperazine rings is 1. The number of imidazole rings is 1. The Balaban J connectivity index is 1.62. The minimum Gasteiger partial charge on any atom is -0.338 e. The van der Waals surface area contributed by atoms with Crippen LogP contribution in [0.25, 0.3) is 0 Å². The first kappa shape index (κ1) is 16.0.